The molecule has 2 fully saturated rings. The van der Waals surface area contributed by atoms with E-state index in [1.807, 2.05) is 46.7 Å². The predicted octanol–water partition coefficient (Wildman–Crippen LogP) is 3.73. The summed E-state index contributed by atoms with van der Waals surface area (Å²) >= 11 is 1.89. The van der Waals surface area contributed by atoms with Crippen molar-refractivity contribution >= 4 is 35.1 Å². The van der Waals surface area contributed by atoms with Crippen LogP contribution in [0.4, 0.5) is 16.2 Å². The monoisotopic (exact) mass is 361 g/mol. The number of amides is 3. The second-order valence-corrected chi connectivity index (χ2v) is 7.88. The average molecular weight is 362 g/mol. The molecule has 136 valence electrons. The summed E-state index contributed by atoms with van der Waals surface area (Å²) < 4.78 is 0. The highest BCUT2D eigenvalue weighted by molar-refractivity contribution is 7.98. The van der Waals surface area contributed by atoms with Gasteiger partial charge in [-0.25, -0.2) is 4.79 Å². The third-order valence-electron chi connectivity index (χ3n) is 5.12. The van der Waals surface area contributed by atoms with Gasteiger partial charge < -0.3 is 15.1 Å². The molecule has 2 saturated heterocycles. The van der Waals surface area contributed by atoms with Gasteiger partial charge >= 0.3 is 6.03 Å². The SMILES string of the molecule is CSCC1CCN(C(=O)Nc2ccc(N3CCCC3=O)c(C)c2)CC1. The quantitative estimate of drug-likeness (QED) is 0.889. The number of anilines is 2. The van der Waals surface area contributed by atoms with Crippen LogP contribution in [-0.2, 0) is 4.79 Å². The second kappa shape index (κ2) is 8.13. The van der Waals surface area contributed by atoms with E-state index in [1.54, 1.807) is 0 Å². The van der Waals surface area contributed by atoms with Crippen LogP contribution in [0.5, 0.6) is 0 Å². The van der Waals surface area contributed by atoms with Crippen molar-refractivity contribution in [2.45, 2.75) is 32.6 Å². The first-order valence-corrected chi connectivity index (χ1v) is 10.4. The Balaban J connectivity index is 1.59. The van der Waals surface area contributed by atoms with E-state index in [0.29, 0.717) is 6.42 Å². The minimum absolute atomic E-state index is 0.0213. The lowest BCUT2D eigenvalue weighted by Crippen LogP contribution is -2.41. The molecule has 0 aliphatic carbocycles. The number of nitrogens with zero attached hydrogens (tertiary/aromatic N) is 2. The summed E-state index contributed by atoms with van der Waals surface area (Å²) in [5.41, 5.74) is 2.77. The molecule has 1 aromatic carbocycles. The van der Waals surface area contributed by atoms with Crippen molar-refractivity contribution in [1.29, 1.82) is 0 Å². The standard InChI is InChI=1S/C19H27N3O2S/c1-14-12-16(5-6-17(14)22-9-3-4-18(22)23)20-19(24)21-10-7-15(8-11-21)13-25-2/h5-6,12,15H,3-4,7-11,13H2,1-2H3,(H,20,24). The van der Waals surface area contributed by atoms with Gasteiger partial charge in [-0.15, -0.1) is 0 Å². The molecule has 25 heavy (non-hydrogen) atoms. The van der Waals surface area contributed by atoms with Crippen molar-refractivity contribution < 1.29 is 9.59 Å². The number of aryl methyl sites for hydroxylation is 1. The van der Waals surface area contributed by atoms with Crippen LogP contribution in [0.2, 0.25) is 0 Å². The van der Waals surface area contributed by atoms with E-state index < -0.39 is 0 Å². The summed E-state index contributed by atoms with van der Waals surface area (Å²) in [6.45, 7) is 4.44. The van der Waals surface area contributed by atoms with Gasteiger partial charge in [-0.2, -0.15) is 11.8 Å². The van der Waals surface area contributed by atoms with Crippen LogP contribution in [0.1, 0.15) is 31.2 Å². The van der Waals surface area contributed by atoms with E-state index in [0.717, 1.165) is 61.8 Å². The van der Waals surface area contributed by atoms with Crippen LogP contribution in [-0.4, -0.2) is 48.5 Å². The van der Waals surface area contributed by atoms with Gasteiger partial charge in [0.15, 0.2) is 0 Å². The Morgan fingerprint density at radius 1 is 1.28 bits per heavy atom. The molecule has 0 bridgehead atoms. The lowest BCUT2D eigenvalue weighted by atomic mass is 9.99. The average Bonchev–Trinajstić information content (AvgIpc) is 3.02. The Labute approximate surface area is 154 Å². The number of carbonyl (C=O) groups excluding carboxylic acids is 2. The Morgan fingerprint density at radius 3 is 2.64 bits per heavy atom. The topological polar surface area (TPSA) is 52.7 Å². The van der Waals surface area contributed by atoms with Gasteiger partial charge in [0.05, 0.1) is 0 Å². The normalized spacial score (nSPS) is 18.7. The maximum Gasteiger partial charge on any atom is 0.321 e. The van der Waals surface area contributed by atoms with Crippen LogP contribution >= 0.6 is 11.8 Å². The van der Waals surface area contributed by atoms with Crippen molar-refractivity contribution in [1.82, 2.24) is 4.90 Å². The largest absolute Gasteiger partial charge is 0.325 e. The van der Waals surface area contributed by atoms with Crippen LogP contribution in [0.3, 0.4) is 0 Å². The van der Waals surface area contributed by atoms with Crippen molar-refractivity contribution in [3.8, 4) is 0 Å². The highest BCUT2D eigenvalue weighted by Gasteiger charge is 2.24. The molecule has 0 radical (unpaired) electrons. The molecular weight excluding hydrogens is 334 g/mol. The van der Waals surface area contributed by atoms with E-state index in [-0.39, 0.29) is 11.9 Å². The molecule has 5 nitrogen and oxygen atoms in total. The molecule has 2 aliphatic heterocycles. The third kappa shape index (κ3) is 4.29. The Hall–Kier alpha value is -1.69. The van der Waals surface area contributed by atoms with Crippen molar-refractivity contribution in [2.24, 2.45) is 5.92 Å². The summed E-state index contributed by atoms with van der Waals surface area (Å²) in [4.78, 5) is 28.2. The van der Waals surface area contributed by atoms with Crippen molar-refractivity contribution in [2.75, 3.05) is 41.9 Å². The molecular formula is C19H27N3O2S. The first-order valence-electron chi connectivity index (χ1n) is 9.04. The number of hydrogen-bond donors (Lipinski definition) is 1. The smallest absolute Gasteiger partial charge is 0.321 e. The van der Waals surface area contributed by atoms with E-state index in [9.17, 15) is 9.59 Å². The van der Waals surface area contributed by atoms with E-state index in [2.05, 4.69) is 11.6 Å². The fourth-order valence-corrected chi connectivity index (χ4v) is 4.48. The summed E-state index contributed by atoms with van der Waals surface area (Å²) in [7, 11) is 0. The third-order valence-corrected chi connectivity index (χ3v) is 5.92. The molecule has 3 rings (SSSR count). The van der Waals surface area contributed by atoms with Crippen LogP contribution in [0, 0.1) is 12.8 Å². The number of urea groups is 1. The number of benzene rings is 1. The molecule has 3 amide bonds. The van der Waals surface area contributed by atoms with E-state index in [4.69, 9.17) is 0 Å². The fourth-order valence-electron chi connectivity index (χ4n) is 3.68. The second-order valence-electron chi connectivity index (χ2n) is 6.97. The molecule has 0 spiro atoms. The highest BCUT2D eigenvalue weighted by atomic mass is 32.2. The molecule has 2 aliphatic rings. The van der Waals surface area contributed by atoms with Gasteiger partial charge in [-0.3, -0.25) is 4.79 Å². The Bertz CT molecular complexity index is 642. The summed E-state index contributed by atoms with van der Waals surface area (Å²) in [5.74, 6) is 2.11. The zero-order valence-corrected chi connectivity index (χ0v) is 15.9. The first-order chi connectivity index (χ1) is 12.1. The molecule has 6 heteroatoms. The van der Waals surface area contributed by atoms with Gasteiger partial charge in [0.25, 0.3) is 0 Å². The van der Waals surface area contributed by atoms with Gasteiger partial charge in [0.1, 0.15) is 0 Å². The zero-order valence-electron chi connectivity index (χ0n) is 15.1. The number of carbonyl (C=O) groups is 2. The first kappa shape index (κ1) is 18.1. The summed E-state index contributed by atoms with van der Waals surface area (Å²) in [6.07, 6.45) is 5.86. The van der Waals surface area contributed by atoms with Gasteiger partial charge in [0.2, 0.25) is 5.91 Å². The number of thioether (sulfide) groups is 1. The minimum atomic E-state index is -0.0213. The van der Waals surface area contributed by atoms with Gasteiger partial charge in [-0.1, -0.05) is 0 Å². The molecule has 0 atom stereocenters. The molecule has 0 unspecified atom stereocenters. The molecule has 2 heterocycles. The van der Waals surface area contributed by atoms with Gasteiger partial charge in [-0.05, 0) is 67.9 Å². The molecule has 1 aromatic rings. The number of likely N-dealkylation sites (tertiary alicyclic amines) is 1. The van der Waals surface area contributed by atoms with Crippen LogP contribution in [0.25, 0.3) is 0 Å². The molecule has 0 aromatic heterocycles. The maximum atomic E-state index is 12.5. The Kier molecular flexibility index (Phi) is 5.89. The van der Waals surface area contributed by atoms with Crippen LogP contribution in [0.15, 0.2) is 18.2 Å². The van der Waals surface area contributed by atoms with E-state index in [1.165, 1.54) is 5.75 Å². The maximum absolute atomic E-state index is 12.5. The number of nitrogens with one attached hydrogen (secondary N) is 1. The molecule has 0 saturated carbocycles. The van der Waals surface area contributed by atoms with Crippen LogP contribution < -0.4 is 10.2 Å². The van der Waals surface area contributed by atoms with Crippen molar-refractivity contribution in [3.05, 3.63) is 23.8 Å². The number of piperidine rings is 1. The highest BCUT2D eigenvalue weighted by Crippen LogP contribution is 2.28. The van der Waals surface area contributed by atoms with Gasteiger partial charge in [0, 0.05) is 37.4 Å². The zero-order chi connectivity index (χ0) is 17.8. The lowest BCUT2D eigenvalue weighted by molar-refractivity contribution is -0.117. The predicted molar refractivity (Wildman–Crippen MR) is 104 cm³/mol. The fraction of sp³-hybridized carbons (Fsp3) is 0.579. The van der Waals surface area contributed by atoms with Crippen molar-refractivity contribution in [3.63, 3.8) is 0 Å². The summed E-state index contributed by atoms with van der Waals surface area (Å²) in [5, 5.41) is 3.01. The number of rotatable bonds is 4. The minimum Gasteiger partial charge on any atom is -0.325 e. The molecule has 1 N–H and O–H groups in total. The summed E-state index contributed by atoms with van der Waals surface area (Å²) in [6, 6.07) is 5.77. The lowest BCUT2D eigenvalue weighted by Gasteiger charge is -2.31. The Morgan fingerprint density at radius 2 is 2.04 bits per heavy atom. The number of hydrogen-bond acceptors (Lipinski definition) is 3. The van der Waals surface area contributed by atoms with E-state index >= 15 is 0 Å².